The average molecular weight is 500 g/mol. The monoisotopic (exact) mass is 500 g/mol. The van der Waals surface area contributed by atoms with Crippen molar-refractivity contribution in [3.8, 4) is 29.4 Å². The maximum absolute atomic E-state index is 13.6. The van der Waals surface area contributed by atoms with Gasteiger partial charge in [-0.1, -0.05) is 11.8 Å². The Balaban J connectivity index is 1.85. The fourth-order valence-corrected chi connectivity index (χ4v) is 3.56. The summed E-state index contributed by atoms with van der Waals surface area (Å²) < 4.78 is 73.5. The van der Waals surface area contributed by atoms with Gasteiger partial charge in [-0.2, -0.15) is 26.9 Å². The molecular weight excluding hydrogens is 481 g/mol. The number of hydrogen-bond donors (Lipinski definition) is 0. The molecule has 6 nitrogen and oxygen atoms in total. The van der Waals surface area contributed by atoms with E-state index >= 15 is 0 Å². The molecule has 35 heavy (non-hydrogen) atoms. The molecule has 0 N–H and O–H groups in total. The Labute approximate surface area is 201 Å². The van der Waals surface area contributed by atoms with E-state index < -0.39 is 27.6 Å². The molecule has 1 heterocycles. The number of aryl methyl sites for hydroxylation is 1. The van der Waals surface area contributed by atoms with Gasteiger partial charge in [0.25, 0.3) is 0 Å². The quantitative estimate of drug-likeness (QED) is 0.265. The van der Waals surface area contributed by atoms with Crippen molar-refractivity contribution in [3.63, 3.8) is 0 Å². The molecule has 1 aromatic heterocycles. The summed E-state index contributed by atoms with van der Waals surface area (Å²) in [6.45, 7) is 0.383. The lowest BCUT2D eigenvalue weighted by Crippen LogP contribution is -2.10. The second-order valence-corrected chi connectivity index (χ2v) is 8.94. The van der Waals surface area contributed by atoms with Crippen LogP contribution in [0.25, 0.3) is 0 Å². The maximum Gasteiger partial charge on any atom is 0.417 e. The first-order valence-corrected chi connectivity index (χ1v) is 12.1. The molecule has 0 aliphatic rings. The van der Waals surface area contributed by atoms with Crippen molar-refractivity contribution in [2.45, 2.75) is 19.0 Å². The molecule has 3 rings (SSSR count). The third-order valence-electron chi connectivity index (χ3n) is 4.62. The van der Waals surface area contributed by atoms with Crippen molar-refractivity contribution in [1.29, 1.82) is 5.26 Å². The van der Waals surface area contributed by atoms with Crippen LogP contribution in [0.1, 0.15) is 34.2 Å². The fourth-order valence-electron chi connectivity index (χ4n) is 3.11. The topological polar surface area (TPSA) is 89.3 Å². The van der Waals surface area contributed by atoms with E-state index in [1.165, 1.54) is 6.07 Å². The molecule has 0 radical (unpaired) electrons. The van der Waals surface area contributed by atoms with Crippen molar-refractivity contribution in [3.05, 3.63) is 88.7 Å². The summed E-state index contributed by atoms with van der Waals surface area (Å²) in [6.07, 6.45) is 0.235. The van der Waals surface area contributed by atoms with E-state index in [0.717, 1.165) is 18.4 Å². The molecule has 0 bridgehead atoms. The highest BCUT2D eigenvalue weighted by atomic mass is 32.2. The molecule has 0 unspecified atom stereocenters. The molecule has 0 saturated carbocycles. The molecule has 0 amide bonds. The number of alkyl halides is 3. The normalized spacial score (nSPS) is 11.2. The summed E-state index contributed by atoms with van der Waals surface area (Å²) in [7, 11) is -3.99. The van der Waals surface area contributed by atoms with E-state index in [1.54, 1.807) is 36.7 Å². The molecular formula is C25H19F3N2O4S. The summed E-state index contributed by atoms with van der Waals surface area (Å²) in [5.41, 5.74) is 0.110. The van der Waals surface area contributed by atoms with Gasteiger partial charge in [-0.3, -0.25) is 4.98 Å². The lowest BCUT2D eigenvalue weighted by molar-refractivity contribution is -0.137. The second-order valence-electron chi connectivity index (χ2n) is 7.36. The second kappa shape index (κ2) is 10.9. The van der Waals surface area contributed by atoms with Crippen LogP contribution in [0.3, 0.4) is 0 Å². The van der Waals surface area contributed by atoms with E-state index in [-0.39, 0.29) is 5.56 Å². The van der Waals surface area contributed by atoms with Gasteiger partial charge in [0.1, 0.15) is 11.5 Å². The Morgan fingerprint density at radius 1 is 0.971 bits per heavy atom. The summed E-state index contributed by atoms with van der Waals surface area (Å²) in [4.78, 5) is 3.91. The Morgan fingerprint density at radius 3 is 2.31 bits per heavy atom. The Bertz CT molecular complexity index is 1400. The molecule has 0 fully saturated rings. The minimum atomic E-state index is -4.78. The van der Waals surface area contributed by atoms with Gasteiger partial charge < -0.3 is 8.92 Å². The molecule has 180 valence electrons. The van der Waals surface area contributed by atoms with Crippen LogP contribution in [0.5, 0.6) is 11.5 Å². The molecule has 0 aliphatic carbocycles. The standard InChI is InChI=1S/C25H19F3N2O4S/c1-35(31,32)34-23-9-8-20(24(16-23)25(26,27)28)7-6-19-5-4-18(17-29)15-21(19)3-2-14-33-22-10-12-30-13-11-22/h4-5,8-13,15-16H,2-3,14H2,1H3. The smallest absolute Gasteiger partial charge is 0.417 e. The van der Waals surface area contributed by atoms with Crippen LogP contribution in [-0.2, 0) is 22.7 Å². The van der Waals surface area contributed by atoms with Crippen LogP contribution in [0.4, 0.5) is 13.2 Å². The molecule has 3 aromatic rings. The molecule has 0 spiro atoms. The molecule has 0 saturated heterocycles. The molecule has 0 atom stereocenters. The predicted octanol–water partition coefficient (Wildman–Crippen LogP) is 4.72. The SMILES string of the molecule is CS(=O)(=O)Oc1ccc(C#Cc2ccc(C#N)cc2CCCOc2ccncc2)c(C(F)(F)F)c1. The summed E-state index contributed by atoms with van der Waals surface area (Å²) >= 11 is 0. The van der Waals surface area contributed by atoms with Gasteiger partial charge in [0, 0.05) is 23.5 Å². The van der Waals surface area contributed by atoms with Gasteiger partial charge in [0.15, 0.2) is 0 Å². The van der Waals surface area contributed by atoms with Gasteiger partial charge in [0.05, 0.1) is 30.1 Å². The van der Waals surface area contributed by atoms with Gasteiger partial charge >= 0.3 is 16.3 Å². The lowest BCUT2D eigenvalue weighted by Gasteiger charge is -2.11. The first-order valence-electron chi connectivity index (χ1n) is 10.2. The van der Waals surface area contributed by atoms with Crippen molar-refractivity contribution in [1.82, 2.24) is 4.98 Å². The summed E-state index contributed by atoms with van der Waals surface area (Å²) in [6, 6.07) is 13.0. The van der Waals surface area contributed by atoms with Crippen LogP contribution in [0, 0.1) is 23.2 Å². The number of ether oxygens (including phenoxy) is 1. The van der Waals surface area contributed by atoms with Crippen LogP contribution >= 0.6 is 0 Å². The summed E-state index contributed by atoms with van der Waals surface area (Å²) in [5, 5.41) is 9.22. The minimum Gasteiger partial charge on any atom is -0.493 e. The fraction of sp³-hybridized carbons (Fsp3) is 0.200. The number of nitriles is 1. The number of aromatic nitrogens is 1. The van der Waals surface area contributed by atoms with Gasteiger partial charge in [0.2, 0.25) is 0 Å². The third-order valence-corrected chi connectivity index (χ3v) is 5.11. The zero-order valence-corrected chi connectivity index (χ0v) is 19.3. The van der Waals surface area contributed by atoms with E-state index in [1.807, 2.05) is 6.07 Å². The Hall–Kier alpha value is -4.02. The number of hydrogen-bond acceptors (Lipinski definition) is 6. The van der Waals surface area contributed by atoms with Crippen molar-refractivity contribution in [2.75, 3.05) is 12.9 Å². The molecule has 2 aromatic carbocycles. The summed E-state index contributed by atoms with van der Waals surface area (Å²) in [5.74, 6) is 5.48. The van der Waals surface area contributed by atoms with Gasteiger partial charge in [-0.25, -0.2) is 0 Å². The third kappa shape index (κ3) is 7.76. The first-order chi connectivity index (χ1) is 16.5. The number of nitrogens with zero attached hydrogens (tertiary/aromatic N) is 2. The zero-order chi connectivity index (χ0) is 25.5. The van der Waals surface area contributed by atoms with Crippen LogP contribution in [0.15, 0.2) is 60.9 Å². The first kappa shape index (κ1) is 25.6. The number of pyridine rings is 1. The van der Waals surface area contributed by atoms with Gasteiger partial charge in [-0.05, 0) is 66.9 Å². The zero-order valence-electron chi connectivity index (χ0n) is 18.5. The Morgan fingerprint density at radius 2 is 1.66 bits per heavy atom. The minimum absolute atomic E-state index is 0.338. The highest BCUT2D eigenvalue weighted by Gasteiger charge is 2.34. The lowest BCUT2D eigenvalue weighted by atomic mass is 9.99. The van der Waals surface area contributed by atoms with Crippen molar-refractivity contribution >= 4 is 10.1 Å². The predicted molar refractivity (Wildman–Crippen MR) is 122 cm³/mol. The van der Waals surface area contributed by atoms with Crippen molar-refractivity contribution < 1.29 is 30.5 Å². The van der Waals surface area contributed by atoms with Crippen LogP contribution in [-0.4, -0.2) is 26.3 Å². The number of rotatable bonds is 7. The highest BCUT2D eigenvalue weighted by Crippen LogP contribution is 2.34. The van der Waals surface area contributed by atoms with E-state index in [9.17, 15) is 26.9 Å². The molecule has 0 aliphatic heterocycles. The van der Waals surface area contributed by atoms with E-state index in [0.29, 0.717) is 48.0 Å². The molecule has 10 heteroatoms. The number of halogens is 3. The largest absolute Gasteiger partial charge is 0.493 e. The van der Waals surface area contributed by atoms with Crippen LogP contribution < -0.4 is 8.92 Å². The maximum atomic E-state index is 13.6. The average Bonchev–Trinajstić information content (AvgIpc) is 2.80. The van der Waals surface area contributed by atoms with E-state index in [4.69, 9.17) is 4.74 Å². The number of benzene rings is 2. The van der Waals surface area contributed by atoms with E-state index in [2.05, 4.69) is 21.0 Å². The Kier molecular flexibility index (Phi) is 8.00. The van der Waals surface area contributed by atoms with Gasteiger partial charge in [-0.15, -0.1) is 0 Å². The highest BCUT2D eigenvalue weighted by molar-refractivity contribution is 7.86. The van der Waals surface area contributed by atoms with Crippen molar-refractivity contribution in [2.24, 2.45) is 0 Å². The van der Waals surface area contributed by atoms with Crippen LogP contribution in [0.2, 0.25) is 0 Å².